The quantitative estimate of drug-likeness (QED) is 0.894. The van der Waals surface area contributed by atoms with Crippen molar-refractivity contribution in [3.05, 3.63) is 64.1 Å². The van der Waals surface area contributed by atoms with Gasteiger partial charge in [0.05, 0.1) is 0 Å². The van der Waals surface area contributed by atoms with Crippen molar-refractivity contribution < 1.29 is 5.11 Å². The Labute approximate surface area is 116 Å². The van der Waals surface area contributed by atoms with Crippen LogP contribution in [-0.2, 0) is 6.54 Å². The van der Waals surface area contributed by atoms with E-state index in [9.17, 15) is 5.11 Å². The summed E-state index contributed by atoms with van der Waals surface area (Å²) < 4.78 is 1.11. The van der Waals surface area contributed by atoms with Crippen LogP contribution in [0.4, 0.5) is 0 Å². The molecule has 0 spiro atoms. The first kappa shape index (κ1) is 13.1. The van der Waals surface area contributed by atoms with Crippen LogP contribution in [0.2, 0.25) is 0 Å². The summed E-state index contributed by atoms with van der Waals surface area (Å²) in [5.41, 5.74) is 2.31. The third-order valence-electron chi connectivity index (χ3n) is 2.93. The van der Waals surface area contributed by atoms with E-state index in [2.05, 4.69) is 34.2 Å². The van der Waals surface area contributed by atoms with Gasteiger partial charge in [0.1, 0.15) is 5.75 Å². The Hall–Kier alpha value is -1.32. The van der Waals surface area contributed by atoms with Crippen molar-refractivity contribution in [3.63, 3.8) is 0 Å². The average Bonchev–Trinajstić information content (AvgIpc) is 2.37. The molecule has 2 aromatic rings. The van der Waals surface area contributed by atoms with E-state index in [-0.39, 0.29) is 6.04 Å². The fraction of sp³-hybridized carbons (Fsp3) is 0.200. The molecule has 1 atom stereocenters. The Bertz CT molecular complexity index is 527. The van der Waals surface area contributed by atoms with Crippen molar-refractivity contribution in [2.45, 2.75) is 19.5 Å². The van der Waals surface area contributed by atoms with Gasteiger partial charge in [0.15, 0.2) is 0 Å². The standard InChI is InChI=1S/C15H16BrNO/c1-11(12-6-4-7-14(18)9-12)17-10-13-5-2-3-8-15(13)16/h2-9,11,17-18H,10H2,1H3. The van der Waals surface area contributed by atoms with Crippen molar-refractivity contribution in [1.82, 2.24) is 5.32 Å². The van der Waals surface area contributed by atoms with Crippen LogP contribution in [0.1, 0.15) is 24.1 Å². The highest BCUT2D eigenvalue weighted by atomic mass is 79.9. The summed E-state index contributed by atoms with van der Waals surface area (Å²) in [7, 11) is 0. The fourth-order valence-electron chi connectivity index (χ4n) is 1.82. The molecule has 0 amide bonds. The lowest BCUT2D eigenvalue weighted by Gasteiger charge is -2.15. The maximum Gasteiger partial charge on any atom is 0.115 e. The number of nitrogens with one attached hydrogen (secondary N) is 1. The molecular weight excluding hydrogens is 290 g/mol. The first-order valence-corrected chi connectivity index (χ1v) is 6.72. The Kier molecular flexibility index (Phi) is 4.39. The molecule has 0 aromatic heterocycles. The average molecular weight is 306 g/mol. The van der Waals surface area contributed by atoms with Crippen LogP contribution in [0.3, 0.4) is 0 Å². The van der Waals surface area contributed by atoms with Crippen molar-refractivity contribution >= 4 is 15.9 Å². The minimum atomic E-state index is 0.198. The van der Waals surface area contributed by atoms with Gasteiger partial charge < -0.3 is 10.4 Å². The van der Waals surface area contributed by atoms with Crippen molar-refractivity contribution in [1.29, 1.82) is 0 Å². The Morgan fingerprint density at radius 2 is 1.94 bits per heavy atom. The maximum atomic E-state index is 9.46. The van der Waals surface area contributed by atoms with Gasteiger partial charge in [0, 0.05) is 17.1 Å². The van der Waals surface area contributed by atoms with Gasteiger partial charge in [-0.25, -0.2) is 0 Å². The normalized spacial score (nSPS) is 12.3. The number of hydrogen-bond donors (Lipinski definition) is 2. The lowest BCUT2D eigenvalue weighted by molar-refractivity contribution is 0.472. The second-order valence-corrected chi connectivity index (χ2v) is 5.14. The summed E-state index contributed by atoms with van der Waals surface area (Å²) in [6, 6.07) is 15.7. The molecule has 0 aliphatic carbocycles. The molecule has 0 saturated carbocycles. The molecule has 2 nitrogen and oxygen atoms in total. The van der Waals surface area contributed by atoms with Crippen molar-refractivity contribution in [2.24, 2.45) is 0 Å². The molecule has 2 rings (SSSR count). The molecule has 94 valence electrons. The number of aromatic hydroxyl groups is 1. The van der Waals surface area contributed by atoms with Gasteiger partial charge in [-0.2, -0.15) is 0 Å². The third-order valence-corrected chi connectivity index (χ3v) is 3.70. The highest BCUT2D eigenvalue weighted by Gasteiger charge is 2.06. The number of halogens is 1. The van der Waals surface area contributed by atoms with Gasteiger partial charge in [-0.3, -0.25) is 0 Å². The van der Waals surface area contributed by atoms with Crippen LogP contribution in [-0.4, -0.2) is 5.11 Å². The van der Waals surface area contributed by atoms with Gasteiger partial charge >= 0.3 is 0 Å². The van der Waals surface area contributed by atoms with Crippen LogP contribution in [0.25, 0.3) is 0 Å². The predicted octanol–water partition coefficient (Wildman–Crippen LogP) is 4.01. The van der Waals surface area contributed by atoms with E-state index in [1.165, 1.54) is 5.56 Å². The van der Waals surface area contributed by atoms with Crippen molar-refractivity contribution in [2.75, 3.05) is 0 Å². The molecule has 0 aliphatic rings. The van der Waals surface area contributed by atoms with Gasteiger partial charge in [-0.05, 0) is 36.2 Å². The lowest BCUT2D eigenvalue weighted by atomic mass is 10.1. The molecule has 0 fully saturated rings. The fourth-order valence-corrected chi connectivity index (χ4v) is 2.24. The summed E-state index contributed by atoms with van der Waals surface area (Å²) in [4.78, 5) is 0. The van der Waals surface area contributed by atoms with E-state index in [0.717, 1.165) is 16.6 Å². The molecular formula is C15H16BrNO. The minimum absolute atomic E-state index is 0.198. The van der Waals surface area contributed by atoms with E-state index in [1.54, 1.807) is 12.1 Å². The molecule has 18 heavy (non-hydrogen) atoms. The van der Waals surface area contributed by atoms with Crippen LogP contribution in [0, 0.1) is 0 Å². The number of rotatable bonds is 4. The second kappa shape index (κ2) is 6.03. The summed E-state index contributed by atoms with van der Waals surface area (Å²) in [6.45, 7) is 2.88. The van der Waals surface area contributed by atoms with Crippen LogP contribution in [0.15, 0.2) is 53.0 Å². The topological polar surface area (TPSA) is 32.3 Å². The van der Waals surface area contributed by atoms with E-state index >= 15 is 0 Å². The van der Waals surface area contributed by atoms with Gasteiger partial charge in [0.25, 0.3) is 0 Å². The van der Waals surface area contributed by atoms with E-state index < -0.39 is 0 Å². The van der Waals surface area contributed by atoms with Gasteiger partial charge in [0.2, 0.25) is 0 Å². The molecule has 0 saturated heterocycles. The molecule has 2 aromatic carbocycles. The monoisotopic (exact) mass is 305 g/mol. The summed E-state index contributed by atoms with van der Waals surface area (Å²) >= 11 is 3.53. The minimum Gasteiger partial charge on any atom is -0.508 e. The van der Waals surface area contributed by atoms with E-state index in [4.69, 9.17) is 0 Å². The first-order chi connectivity index (χ1) is 8.66. The second-order valence-electron chi connectivity index (χ2n) is 4.29. The molecule has 0 heterocycles. The number of phenolic OH excluding ortho intramolecular Hbond substituents is 1. The SMILES string of the molecule is CC(NCc1ccccc1Br)c1cccc(O)c1. The number of phenols is 1. The first-order valence-electron chi connectivity index (χ1n) is 5.92. The zero-order valence-electron chi connectivity index (χ0n) is 10.2. The van der Waals surface area contributed by atoms with E-state index in [0.29, 0.717) is 5.75 Å². The Morgan fingerprint density at radius 1 is 1.17 bits per heavy atom. The molecule has 0 aliphatic heterocycles. The molecule has 2 N–H and O–H groups in total. The summed E-state index contributed by atoms with van der Waals surface area (Å²) in [5.74, 6) is 0.307. The predicted molar refractivity (Wildman–Crippen MR) is 77.5 cm³/mol. The summed E-state index contributed by atoms with van der Waals surface area (Å²) in [6.07, 6.45) is 0. The van der Waals surface area contributed by atoms with Gasteiger partial charge in [-0.1, -0.05) is 46.3 Å². The maximum absolute atomic E-state index is 9.46. The highest BCUT2D eigenvalue weighted by Crippen LogP contribution is 2.20. The molecule has 0 radical (unpaired) electrons. The molecule has 0 bridgehead atoms. The van der Waals surface area contributed by atoms with E-state index in [1.807, 2.05) is 30.3 Å². The number of benzene rings is 2. The lowest BCUT2D eigenvalue weighted by Crippen LogP contribution is -2.18. The highest BCUT2D eigenvalue weighted by molar-refractivity contribution is 9.10. The molecule has 3 heteroatoms. The smallest absolute Gasteiger partial charge is 0.115 e. The Morgan fingerprint density at radius 3 is 2.67 bits per heavy atom. The Balaban J connectivity index is 2.00. The summed E-state index contributed by atoms with van der Waals surface area (Å²) in [5, 5.41) is 12.9. The zero-order valence-corrected chi connectivity index (χ0v) is 11.8. The van der Waals surface area contributed by atoms with Crippen molar-refractivity contribution in [3.8, 4) is 5.75 Å². The van der Waals surface area contributed by atoms with Gasteiger partial charge in [-0.15, -0.1) is 0 Å². The largest absolute Gasteiger partial charge is 0.508 e. The zero-order chi connectivity index (χ0) is 13.0. The third kappa shape index (κ3) is 3.34. The number of hydrogen-bond acceptors (Lipinski definition) is 2. The van der Waals surface area contributed by atoms with Crippen LogP contribution < -0.4 is 5.32 Å². The molecule has 1 unspecified atom stereocenters. The van der Waals surface area contributed by atoms with Crippen LogP contribution >= 0.6 is 15.9 Å². The van der Waals surface area contributed by atoms with Crippen LogP contribution in [0.5, 0.6) is 5.75 Å².